The average Bonchev–Trinajstić information content (AvgIpc) is 3.57. The van der Waals surface area contributed by atoms with E-state index in [2.05, 4.69) is 13.8 Å². The van der Waals surface area contributed by atoms with Crippen LogP contribution in [-0.2, 0) is 19.2 Å². The molecular weight excluding hydrogens is 577 g/mol. The first-order valence-corrected chi connectivity index (χ1v) is 19.0. The number of amides is 2. The van der Waals surface area contributed by atoms with Crippen molar-refractivity contribution in [1.29, 1.82) is 0 Å². The van der Waals surface area contributed by atoms with Gasteiger partial charge in [0.1, 0.15) is 12.1 Å². The molecule has 2 saturated heterocycles. The Morgan fingerprint density at radius 3 is 1.67 bits per heavy atom. The molecule has 2 aliphatic rings. The molecule has 39 heavy (non-hydrogen) atoms. The fourth-order valence-corrected chi connectivity index (χ4v) is 11.2. The van der Waals surface area contributed by atoms with E-state index in [9.17, 15) is 29.4 Å². The quantitative estimate of drug-likeness (QED) is 0.144. The van der Waals surface area contributed by atoms with Gasteiger partial charge in [-0.1, -0.05) is 90.1 Å². The van der Waals surface area contributed by atoms with Crippen molar-refractivity contribution in [2.75, 3.05) is 30.3 Å². The fourth-order valence-electron chi connectivity index (χ4n) is 4.88. The van der Waals surface area contributed by atoms with Crippen molar-refractivity contribution in [3.8, 4) is 0 Å². The summed E-state index contributed by atoms with van der Waals surface area (Å²) in [5.41, 5.74) is 0. The van der Waals surface area contributed by atoms with E-state index in [1.807, 2.05) is 24.6 Å². The maximum atomic E-state index is 12.9. The van der Waals surface area contributed by atoms with Crippen LogP contribution in [0.5, 0.6) is 0 Å². The molecule has 0 radical (unpaired) electrons. The van der Waals surface area contributed by atoms with Gasteiger partial charge in [-0.05, 0) is 38.0 Å². The molecule has 2 N–H and O–H groups in total. The molecular formula is C27H46N2O6S4. The van der Waals surface area contributed by atoms with Crippen LogP contribution in [0.1, 0.15) is 79.1 Å². The number of carbonyl (C=O) groups excluding carboxylic acids is 2. The third-order valence-electron chi connectivity index (χ3n) is 7.22. The largest absolute Gasteiger partial charge is 0.480 e. The summed E-state index contributed by atoms with van der Waals surface area (Å²) in [5.74, 6) is 0.527. The van der Waals surface area contributed by atoms with E-state index in [4.69, 9.17) is 0 Å². The molecule has 5 atom stereocenters. The van der Waals surface area contributed by atoms with Gasteiger partial charge in [-0.15, -0.1) is 0 Å². The van der Waals surface area contributed by atoms with Crippen LogP contribution >= 0.6 is 43.2 Å². The maximum Gasteiger partial charge on any atom is 0.326 e. The van der Waals surface area contributed by atoms with Crippen molar-refractivity contribution in [3.63, 3.8) is 0 Å². The van der Waals surface area contributed by atoms with E-state index in [0.29, 0.717) is 48.6 Å². The number of unbranched alkanes of at least 4 members (excludes halogenated alkanes) is 1. The monoisotopic (exact) mass is 622 g/mol. The third-order valence-corrected chi connectivity index (χ3v) is 13.2. The lowest BCUT2D eigenvalue weighted by Gasteiger charge is -2.25. The summed E-state index contributed by atoms with van der Waals surface area (Å²) in [6, 6.07) is -1.37. The van der Waals surface area contributed by atoms with Crippen LogP contribution in [0.15, 0.2) is 0 Å². The summed E-state index contributed by atoms with van der Waals surface area (Å²) in [6.07, 6.45) is 7.22. The average molecular weight is 623 g/mol. The molecule has 224 valence electrons. The zero-order valence-electron chi connectivity index (χ0n) is 23.7. The first-order valence-electron chi connectivity index (χ1n) is 14.1. The van der Waals surface area contributed by atoms with Gasteiger partial charge in [0.05, 0.1) is 0 Å². The molecule has 0 unspecified atom stereocenters. The van der Waals surface area contributed by atoms with Crippen molar-refractivity contribution in [1.82, 2.24) is 9.80 Å². The molecule has 2 rings (SSSR count). The number of carboxylic acid groups (broad SMARTS) is 2. The standard InChI is InChI=1S/C27H46N2O6S4/c1-18(2)9-5-6-10-21(39-38-16-20(4)25(31)29-14-8-12-23(29)27(34)35)17-37-36-15-19(3)24(30)28-13-7-11-22(28)26(32)33/h18-23H,5-17H2,1-4H3,(H,32,33)(H,34,35)/t19-,20-,21+,22+,23+/m1/s1. The highest BCUT2D eigenvalue weighted by molar-refractivity contribution is 8.78. The zero-order valence-corrected chi connectivity index (χ0v) is 27.0. The zero-order chi connectivity index (χ0) is 28.9. The highest BCUT2D eigenvalue weighted by Gasteiger charge is 2.37. The normalized spacial score (nSPS) is 21.8. The Hall–Kier alpha value is -0.720. The van der Waals surface area contributed by atoms with E-state index in [1.165, 1.54) is 22.6 Å². The molecule has 2 amide bonds. The van der Waals surface area contributed by atoms with E-state index in [0.717, 1.165) is 31.4 Å². The first kappa shape index (κ1) is 34.5. The number of likely N-dealkylation sites (tertiary alicyclic amines) is 2. The SMILES string of the molecule is CC(C)CCCC[C@@H](CSSC[C@@H](C)C(=O)N1CCC[C@H]1C(=O)O)SSC[C@@H](C)C(=O)N1CCC[C@H]1C(=O)O. The van der Waals surface area contributed by atoms with Crippen molar-refractivity contribution in [3.05, 3.63) is 0 Å². The van der Waals surface area contributed by atoms with E-state index in [-0.39, 0.29) is 23.7 Å². The third kappa shape index (κ3) is 11.6. The smallest absolute Gasteiger partial charge is 0.326 e. The van der Waals surface area contributed by atoms with Crippen LogP contribution in [0.2, 0.25) is 0 Å². The summed E-state index contributed by atoms with van der Waals surface area (Å²) in [7, 11) is 6.96. The molecule has 0 spiro atoms. The van der Waals surface area contributed by atoms with E-state index >= 15 is 0 Å². The second-order valence-corrected chi connectivity index (χ2v) is 16.4. The van der Waals surface area contributed by atoms with E-state index < -0.39 is 24.0 Å². The van der Waals surface area contributed by atoms with Gasteiger partial charge in [-0.3, -0.25) is 9.59 Å². The minimum Gasteiger partial charge on any atom is -0.480 e. The predicted molar refractivity (Wildman–Crippen MR) is 165 cm³/mol. The Kier molecular flexibility index (Phi) is 15.9. The molecule has 0 aromatic carbocycles. The lowest BCUT2D eigenvalue weighted by atomic mass is 10.0. The van der Waals surface area contributed by atoms with Crippen molar-refractivity contribution in [2.45, 2.75) is 96.4 Å². The number of carbonyl (C=O) groups is 4. The van der Waals surface area contributed by atoms with Crippen LogP contribution in [-0.4, -0.2) is 91.4 Å². The number of carboxylic acids is 2. The van der Waals surface area contributed by atoms with Gasteiger partial charge in [-0.25, -0.2) is 9.59 Å². The molecule has 8 nitrogen and oxygen atoms in total. The van der Waals surface area contributed by atoms with Crippen molar-refractivity contribution < 1.29 is 29.4 Å². The van der Waals surface area contributed by atoms with Gasteiger partial charge in [0.15, 0.2) is 0 Å². The predicted octanol–water partition coefficient (Wildman–Crippen LogP) is 5.76. The highest BCUT2D eigenvalue weighted by Crippen LogP contribution is 2.37. The van der Waals surface area contributed by atoms with Crippen LogP contribution < -0.4 is 0 Å². The highest BCUT2D eigenvalue weighted by atomic mass is 33.1. The topological polar surface area (TPSA) is 115 Å². The van der Waals surface area contributed by atoms with Gasteiger partial charge >= 0.3 is 11.9 Å². The van der Waals surface area contributed by atoms with Crippen molar-refractivity contribution in [2.24, 2.45) is 17.8 Å². The number of nitrogens with zero attached hydrogens (tertiary/aromatic N) is 2. The number of aliphatic carboxylic acids is 2. The lowest BCUT2D eigenvalue weighted by Crippen LogP contribution is -2.43. The fraction of sp³-hybridized carbons (Fsp3) is 0.852. The summed E-state index contributed by atoms with van der Waals surface area (Å²) in [4.78, 5) is 51.6. The molecule has 0 aromatic heterocycles. The van der Waals surface area contributed by atoms with Crippen LogP contribution in [0, 0.1) is 17.8 Å². The van der Waals surface area contributed by atoms with Gasteiger partial charge in [-0.2, -0.15) is 0 Å². The summed E-state index contributed by atoms with van der Waals surface area (Å²) >= 11 is 0. The molecule has 0 bridgehead atoms. The maximum absolute atomic E-state index is 12.9. The van der Waals surface area contributed by atoms with Gasteiger partial charge < -0.3 is 20.0 Å². The molecule has 2 heterocycles. The van der Waals surface area contributed by atoms with Crippen LogP contribution in [0.4, 0.5) is 0 Å². The second kappa shape index (κ2) is 18.0. The van der Waals surface area contributed by atoms with Gasteiger partial charge in [0, 0.05) is 47.4 Å². The van der Waals surface area contributed by atoms with Gasteiger partial charge in [0.25, 0.3) is 0 Å². The minimum absolute atomic E-state index is 0.0618. The van der Waals surface area contributed by atoms with Crippen LogP contribution in [0.3, 0.4) is 0 Å². The van der Waals surface area contributed by atoms with Crippen LogP contribution in [0.25, 0.3) is 0 Å². The first-order chi connectivity index (χ1) is 18.5. The van der Waals surface area contributed by atoms with E-state index in [1.54, 1.807) is 32.4 Å². The molecule has 0 aliphatic carbocycles. The summed E-state index contributed by atoms with van der Waals surface area (Å²) in [6.45, 7) is 9.31. The Morgan fingerprint density at radius 2 is 1.18 bits per heavy atom. The van der Waals surface area contributed by atoms with Crippen molar-refractivity contribution >= 4 is 66.9 Å². The number of hydrogen-bond acceptors (Lipinski definition) is 8. The number of hydrogen-bond donors (Lipinski definition) is 2. The Balaban J connectivity index is 1.78. The Labute approximate surface area is 249 Å². The molecule has 12 heteroatoms. The molecule has 0 aromatic rings. The lowest BCUT2D eigenvalue weighted by molar-refractivity contribution is -0.149. The summed E-state index contributed by atoms with van der Waals surface area (Å²) in [5, 5.41) is 19.2. The minimum atomic E-state index is -0.914. The number of rotatable bonds is 18. The molecule has 2 aliphatic heterocycles. The Morgan fingerprint density at radius 1 is 0.718 bits per heavy atom. The molecule has 0 saturated carbocycles. The second-order valence-electron chi connectivity index (χ2n) is 11.1. The summed E-state index contributed by atoms with van der Waals surface area (Å²) < 4.78 is 0. The van der Waals surface area contributed by atoms with Gasteiger partial charge in [0.2, 0.25) is 11.8 Å². The Bertz CT molecular complexity index is 817. The molecule has 2 fully saturated rings.